The molecule has 88 valence electrons. The van der Waals surface area contributed by atoms with E-state index in [4.69, 9.17) is 11.5 Å². The van der Waals surface area contributed by atoms with E-state index in [1.165, 1.54) is 0 Å². The Balaban J connectivity index is 2.98. The third-order valence-corrected chi connectivity index (χ3v) is 2.40. The second kappa shape index (κ2) is 5.45. The van der Waals surface area contributed by atoms with Crippen molar-refractivity contribution in [3.05, 3.63) is 29.8 Å². The molecule has 0 aromatic heterocycles. The lowest BCUT2D eigenvalue weighted by Gasteiger charge is -2.15. The minimum absolute atomic E-state index is 0.350. The molecule has 0 spiro atoms. The van der Waals surface area contributed by atoms with Crippen LogP contribution in [0, 0.1) is 0 Å². The first-order valence-corrected chi connectivity index (χ1v) is 5.60. The van der Waals surface area contributed by atoms with Gasteiger partial charge in [-0.05, 0) is 38.8 Å². The summed E-state index contributed by atoms with van der Waals surface area (Å²) in [6.07, 6.45) is 4.91. The van der Waals surface area contributed by atoms with Crippen LogP contribution in [-0.2, 0) is 6.42 Å². The van der Waals surface area contributed by atoms with Crippen LogP contribution in [0.25, 0.3) is 0 Å². The second-order valence-corrected chi connectivity index (χ2v) is 4.17. The summed E-state index contributed by atoms with van der Waals surface area (Å²) in [7, 11) is 0. The second-order valence-electron chi connectivity index (χ2n) is 4.17. The Morgan fingerprint density at radius 1 is 1.25 bits per heavy atom. The molecular formula is C13H21N3. The molecule has 3 nitrogen and oxygen atoms in total. The number of hydrogen-bond acceptors (Lipinski definition) is 3. The number of nitrogens with one attached hydrogen (secondary N) is 1. The highest BCUT2D eigenvalue weighted by Crippen LogP contribution is 2.29. The average Bonchev–Trinajstić information content (AvgIpc) is 2.23. The monoisotopic (exact) mass is 219 g/mol. The molecule has 0 aliphatic heterocycles. The average molecular weight is 219 g/mol. The maximum atomic E-state index is 6.00. The molecule has 0 bridgehead atoms. The van der Waals surface area contributed by atoms with E-state index < -0.39 is 0 Å². The highest BCUT2D eigenvalue weighted by molar-refractivity contribution is 5.81. The first-order valence-electron chi connectivity index (χ1n) is 5.60. The number of allylic oxidation sites excluding steroid dienone is 2. The summed E-state index contributed by atoms with van der Waals surface area (Å²) in [5.74, 6) is 0. The van der Waals surface area contributed by atoms with Crippen LogP contribution in [0.2, 0.25) is 0 Å². The van der Waals surface area contributed by atoms with Crippen LogP contribution in [0.3, 0.4) is 0 Å². The fourth-order valence-corrected chi connectivity index (χ4v) is 1.54. The molecule has 1 aromatic carbocycles. The summed E-state index contributed by atoms with van der Waals surface area (Å²) in [5, 5.41) is 3.27. The largest absolute Gasteiger partial charge is 0.397 e. The van der Waals surface area contributed by atoms with Gasteiger partial charge in [-0.3, -0.25) is 0 Å². The van der Waals surface area contributed by atoms with Crippen molar-refractivity contribution in [1.82, 2.24) is 0 Å². The zero-order chi connectivity index (χ0) is 12.1. The van der Waals surface area contributed by atoms with E-state index in [9.17, 15) is 0 Å². The lowest BCUT2D eigenvalue weighted by Crippen LogP contribution is -2.12. The Morgan fingerprint density at radius 2 is 1.94 bits per heavy atom. The summed E-state index contributed by atoms with van der Waals surface area (Å²) >= 11 is 0. The van der Waals surface area contributed by atoms with Crippen molar-refractivity contribution in [2.45, 2.75) is 33.2 Å². The summed E-state index contributed by atoms with van der Waals surface area (Å²) in [6.45, 7) is 6.14. The molecule has 0 saturated heterocycles. The predicted octanol–water partition coefficient (Wildman–Crippen LogP) is 2.79. The van der Waals surface area contributed by atoms with Crippen molar-refractivity contribution in [3.8, 4) is 0 Å². The Kier molecular flexibility index (Phi) is 4.23. The van der Waals surface area contributed by atoms with E-state index in [0.29, 0.717) is 17.4 Å². The Morgan fingerprint density at radius 3 is 2.50 bits per heavy atom. The van der Waals surface area contributed by atoms with E-state index in [2.05, 4.69) is 25.2 Å². The van der Waals surface area contributed by atoms with Crippen LogP contribution in [0.4, 0.5) is 17.1 Å². The van der Waals surface area contributed by atoms with Crippen LogP contribution in [0.5, 0.6) is 0 Å². The molecule has 16 heavy (non-hydrogen) atoms. The number of nitrogen functional groups attached to an aromatic ring is 2. The standard InChI is InChI=1S/C13H21N3/c1-4-5-6-10-7-8-11(16-9(2)3)13(15)12(10)14/h4-5,7-9,16H,6,14-15H2,1-3H3/b5-4+. The molecule has 1 aromatic rings. The van der Waals surface area contributed by atoms with Gasteiger partial charge in [-0.2, -0.15) is 0 Å². The van der Waals surface area contributed by atoms with Gasteiger partial charge in [-0.15, -0.1) is 0 Å². The van der Waals surface area contributed by atoms with Crippen molar-refractivity contribution in [2.24, 2.45) is 0 Å². The van der Waals surface area contributed by atoms with Gasteiger partial charge in [0.25, 0.3) is 0 Å². The van der Waals surface area contributed by atoms with Crippen LogP contribution in [0.15, 0.2) is 24.3 Å². The van der Waals surface area contributed by atoms with Crippen LogP contribution in [0.1, 0.15) is 26.3 Å². The number of benzene rings is 1. The van der Waals surface area contributed by atoms with Gasteiger partial charge in [0.1, 0.15) is 0 Å². The van der Waals surface area contributed by atoms with E-state index in [-0.39, 0.29) is 0 Å². The number of anilines is 3. The molecule has 0 aliphatic carbocycles. The van der Waals surface area contributed by atoms with E-state index in [0.717, 1.165) is 17.7 Å². The summed E-state index contributed by atoms with van der Waals surface area (Å²) in [6, 6.07) is 4.36. The van der Waals surface area contributed by atoms with Crippen molar-refractivity contribution in [3.63, 3.8) is 0 Å². The normalized spacial score (nSPS) is 11.2. The third-order valence-electron chi connectivity index (χ3n) is 2.40. The van der Waals surface area contributed by atoms with Gasteiger partial charge in [0, 0.05) is 6.04 Å². The molecule has 5 N–H and O–H groups in total. The minimum Gasteiger partial charge on any atom is -0.397 e. The molecule has 0 fully saturated rings. The maximum Gasteiger partial charge on any atom is 0.0786 e. The van der Waals surface area contributed by atoms with Crippen molar-refractivity contribution in [1.29, 1.82) is 0 Å². The number of hydrogen-bond donors (Lipinski definition) is 3. The van der Waals surface area contributed by atoms with Crippen LogP contribution in [-0.4, -0.2) is 6.04 Å². The van der Waals surface area contributed by atoms with E-state index in [1.807, 2.05) is 25.1 Å². The summed E-state index contributed by atoms with van der Waals surface area (Å²) in [5.41, 5.74) is 15.3. The molecule has 0 amide bonds. The molecule has 1 rings (SSSR count). The molecule has 0 unspecified atom stereocenters. The molecule has 0 radical (unpaired) electrons. The first-order chi connectivity index (χ1) is 7.56. The van der Waals surface area contributed by atoms with Crippen molar-refractivity contribution < 1.29 is 0 Å². The van der Waals surface area contributed by atoms with Gasteiger partial charge >= 0.3 is 0 Å². The van der Waals surface area contributed by atoms with Gasteiger partial charge in [0.15, 0.2) is 0 Å². The van der Waals surface area contributed by atoms with Gasteiger partial charge < -0.3 is 16.8 Å². The number of nitrogens with two attached hydrogens (primary N) is 2. The van der Waals surface area contributed by atoms with E-state index >= 15 is 0 Å². The van der Waals surface area contributed by atoms with Gasteiger partial charge in [0.05, 0.1) is 17.1 Å². The zero-order valence-electron chi connectivity index (χ0n) is 10.2. The van der Waals surface area contributed by atoms with Crippen LogP contribution >= 0.6 is 0 Å². The molecule has 0 saturated carbocycles. The van der Waals surface area contributed by atoms with Crippen LogP contribution < -0.4 is 16.8 Å². The molecular weight excluding hydrogens is 198 g/mol. The maximum absolute atomic E-state index is 6.00. The lowest BCUT2D eigenvalue weighted by atomic mass is 10.1. The predicted molar refractivity (Wildman–Crippen MR) is 72.5 cm³/mol. The smallest absolute Gasteiger partial charge is 0.0786 e. The van der Waals surface area contributed by atoms with Gasteiger partial charge in [-0.1, -0.05) is 18.2 Å². The Bertz CT molecular complexity index is 381. The number of rotatable bonds is 4. The lowest BCUT2D eigenvalue weighted by molar-refractivity contribution is 0.900. The SMILES string of the molecule is C/C=C/Cc1ccc(NC(C)C)c(N)c1N. The third kappa shape index (κ3) is 2.92. The summed E-state index contributed by atoms with van der Waals surface area (Å²) < 4.78 is 0. The Hall–Kier alpha value is -1.64. The molecule has 0 atom stereocenters. The highest BCUT2D eigenvalue weighted by Gasteiger charge is 2.07. The minimum atomic E-state index is 0.350. The molecule has 3 heteroatoms. The fourth-order valence-electron chi connectivity index (χ4n) is 1.54. The fraction of sp³-hybridized carbons (Fsp3) is 0.385. The van der Waals surface area contributed by atoms with E-state index in [1.54, 1.807) is 0 Å². The first kappa shape index (κ1) is 12.4. The Labute approximate surface area is 97.5 Å². The molecule has 0 aliphatic rings. The van der Waals surface area contributed by atoms with Crippen molar-refractivity contribution >= 4 is 17.1 Å². The van der Waals surface area contributed by atoms with Gasteiger partial charge in [-0.25, -0.2) is 0 Å². The molecule has 0 heterocycles. The summed E-state index contributed by atoms with van der Waals surface area (Å²) in [4.78, 5) is 0. The van der Waals surface area contributed by atoms with Crippen molar-refractivity contribution in [2.75, 3.05) is 16.8 Å². The quantitative estimate of drug-likeness (QED) is 0.539. The zero-order valence-corrected chi connectivity index (χ0v) is 10.2. The highest BCUT2D eigenvalue weighted by atomic mass is 14.9. The topological polar surface area (TPSA) is 64.1 Å². The van der Waals surface area contributed by atoms with Gasteiger partial charge in [0.2, 0.25) is 0 Å².